The minimum Gasteiger partial charge on any atom is -0.302 e. The predicted octanol–water partition coefficient (Wildman–Crippen LogP) is 2.67. The molecule has 1 rings (SSSR count). The number of hydrogen-bond donors (Lipinski definition) is 0. The van der Waals surface area contributed by atoms with Gasteiger partial charge in [0, 0.05) is 0 Å². The number of carbonyl (C=O) groups is 1. The summed E-state index contributed by atoms with van der Waals surface area (Å²) in [7, 11) is 0. The highest BCUT2D eigenvalue weighted by Gasteiger charge is 2.05. The summed E-state index contributed by atoms with van der Waals surface area (Å²) < 4.78 is 26.0. The molecule has 0 aliphatic heterocycles. The van der Waals surface area contributed by atoms with Crippen molar-refractivity contribution in [3.05, 3.63) is 33.8 Å². The Hall–Kier alpha value is -1.21. The molecule has 0 saturated heterocycles. The smallest absolute Gasteiger partial charge is 0.140 e. The van der Waals surface area contributed by atoms with Crippen LogP contribution < -0.4 is 0 Å². The van der Waals surface area contributed by atoms with Crippen molar-refractivity contribution in [3.8, 4) is 11.8 Å². The van der Waals surface area contributed by atoms with Gasteiger partial charge in [0.05, 0.1) is 16.5 Å². The second-order valence-corrected chi connectivity index (χ2v) is 3.27. The predicted molar refractivity (Wildman–Crippen MR) is 51.6 cm³/mol. The van der Waals surface area contributed by atoms with E-state index in [0.717, 1.165) is 12.1 Å². The third kappa shape index (κ3) is 2.64. The highest BCUT2D eigenvalue weighted by atomic mass is 79.9. The number of carbonyl (C=O) groups excluding carboxylic acids is 1. The van der Waals surface area contributed by atoms with Crippen molar-refractivity contribution < 1.29 is 13.6 Å². The molecule has 0 heterocycles. The molecule has 0 radical (unpaired) electrons. The lowest BCUT2D eigenvalue weighted by Crippen LogP contribution is -1.87. The third-order valence-corrected chi connectivity index (χ3v) is 2.03. The zero-order chi connectivity index (χ0) is 10.6. The summed E-state index contributed by atoms with van der Waals surface area (Å²) in [4.78, 5) is 9.92. The molecule has 1 aromatic rings. The van der Waals surface area contributed by atoms with E-state index in [2.05, 4.69) is 27.8 Å². The Morgan fingerprint density at radius 3 is 2.71 bits per heavy atom. The molecule has 0 fully saturated rings. The van der Waals surface area contributed by atoms with Gasteiger partial charge in [-0.25, -0.2) is 8.78 Å². The van der Waals surface area contributed by atoms with Crippen molar-refractivity contribution in [3.63, 3.8) is 0 Å². The minimum absolute atomic E-state index is 0.0110. The quantitative estimate of drug-likeness (QED) is 0.430. The molecular formula is C10H5BrF2O. The average Bonchev–Trinajstić information content (AvgIpc) is 2.14. The second kappa shape index (κ2) is 4.87. The van der Waals surface area contributed by atoms with Gasteiger partial charge in [-0.1, -0.05) is 11.8 Å². The van der Waals surface area contributed by atoms with Crippen LogP contribution in [0.3, 0.4) is 0 Å². The van der Waals surface area contributed by atoms with E-state index in [1.165, 1.54) is 0 Å². The summed E-state index contributed by atoms with van der Waals surface area (Å²) in [5.41, 5.74) is -0.0486. The number of hydrogen-bond acceptors (Lipinski definition) is 1. The fraction of sp³-hybridized carbons (Fsp3) is 0.100. The first kappa shape index (κ1) is 10.9. The Kier molecular flexibility index (Phi) is 3.78. The van der Waals surface area contributed by atoms with Crippen LogP contribution >= 0.6 is 15.9 Å². The molecule has 1 aromatic carbocycles. The van der Waals surface area contributed by atoms with E-state index >= 15 is 0 Å². The lowest BCUT2D eigenvalue weighted by Gasteiger charge is -1.97. The molecule has 0 spiro atoms. The lowest BCUT2D eigenvalue weighted by molar-refractivity contribution is -0.107. The molecule has 0 unspecified atom stereocenters. The van der Waals surface area contributed by atoms with Gasteiger partial charge in [0.2, 0.25) is 0 Å². The molecule has 4 heteroatoms. The zero-order valence-corrected chi connectivity index (χ0v) is 8.57. The van der Waals surface area contributed by atoms with Crippen molar-refractivity contribution in [2.75, 3.05) is 0 Å². The summed E-state index contributed by atoms with van der Waals surface area (Å²) in [6.45, 7) is 0. The Morgan fingerprint density at radius 1 is 1.36 bits per heavy atom. The molecule has 0 aliphatic carbocycles. The Labute approximate surface area is 88.3 Å². The van der Waals surface area contributed by atoms with Gasteiger partial charge in [-0.15, -0.1) is 0 Å². The van der Waals surface area contributed by atoms with Gasteiger partial charge in [0.1, 0.15) is 17.9 Å². The molecule has 1 nitrogen and oxygen atoms in total. The monoisotopic (exact) mass is 258 g/mol. The largest absolute Gasteiger partial charge is 0.302 e. The third-order valence-electron chi connectivity index (χ3n) is 1.42. The maximum absolute atomic E-state index is 13.1. The number of aldehydes is 1. The normalized spacial score (nSPS) is 9.07. The first-order valence-electron chi connectivity index (χ1n) is 3.72. The molecule has 14 heavy (non-hydrogen) atoms. The van der Waals surface area contributed by atoms with Crippen LogP contribution in [0.4, 0.5) is 8.78 Å². The van der Waals surface area contributed by atoms with E-state index in [9.17, 15) is 13.6 Å². The molecule has 0 N–H and O–H groups in total. The fourth-order valence-corrected chi connectivity index (χ4v) is 1.12. The van der Waals surface area contributed by atoms with Crippen LogP contribution in [0.5, 0.6) is 0 Å². The first-order chi connectivity index (χ1) is 6.65. The maximum atomic E-state index is 13.1. The van der Waals surface area contributed by atoms with Crippen molar-refractivity contribution in [2.45, 2.75) is 6.42 Å². The van der Waals surface area contributed by atoms with Crippen molar-refractivity contribution in [1.82, 2.24) is 0 Å². The number of benzene rings is 1. The van der Waals surface area contributed by atoms with E-state index in [1.807, 2.05) is 0 Å². The molecule has 0 atom stereocenters. The Bertz CT molecular complexity index is 418. The topological polar surface area (TPSA) is 17.1 Å². The van der Waals surface area contributed by atoms with Crippen LogP contribution in [-0.4, -0.2) is 6.29 Å². The Morgan fingerprint density at radius 2 is 2.07 bits per heavy atom. The highest BCUT2D eigenvalue weighted by Crippen LogP contribution is 2.19. The highest BCUT2D eigenvalue weighted by molar-refractivity contribution is 9.10. The van der Waals surface area contributed by atoms with E-state index in [-0.39, 0.29) is 16.5 Å². The van der Waals surface area contributed by atoms with E-state index in [0.29, 0.717) is 6.29 Å². The SMILES string of the molecule is O=CCC#Cc1cc(F)c(Br)cc1F. The van der Waals surface area contributed by atoms with Crippen molar-refractivity contribution in [1.29, 1.82) is 0 Å². The zero-order valence-electron chi connectivity index (χ0n) is 6.98. The summed E-state index contributed by atoms with van der Waals surface area (Å²) in [5.74, 6) is 3.57. The van der Waals surface area contributed by atoms with Crippen molar-refractivity contribution in [2.24, 2.45) is 0 Å². The molecule has 0 aliphatic rings. The standard InChI is InChI=1S/C10H5BrF2O/c11-8-6-9(12)7(5-10(8)13)3-1-2-4-14/h4-6H,2H2. The minimum atomic E-state index is -0.614. The van der Waals surface area contributed by atoms with Gasteiger partial charge >= 0.3 is 0 Å². The lowest BCUT2D eigenvalue weighted by atomic mass is 10.2. The molecule has 0 bridgehead atoms. The van der Waals surface area contributed by atoms with Crippen LogP contribution in [0, 0.1) is 23.5 Å². The molecule has 0 amide bonds. The summed E-state index contributed by atoms with van der Waals surface area (Å²) in [6.07, 6.45) is 0.608. The molecule has 0 aromatic heterocycles. The Balaban J connectivity index is 3.05. The average molecular weight is 259 g/mol. The summed E-state index contributed by atoms with van der Waals surface area (Å²) in [5, 5.41) is 0. The van der Waals surface area contributed by atoms with Crippen molar-refractivity contribution >= 4 is 22.2 Å². The summed E-state index contributed by atoms with van der Waals surface area (Å²) >= 11 is 2.84. The van der Waals surface area contributed by atoms with E-state index < -0.39 is 11.6 Å². The van der Waals surface area contributed by atoms with Gasteiger partial charge in [0.25, 0.3) is 0 Å². The van der Waals surface area contributed by atoms with Gasteiger partial charge < -0.3 is 4.79 Å². The maximum Gasteiger partial charge on any atom is 0.140 e. The van der Waals surface area contributed by atoms with Crippen LogP contribution in [0.2, 0.25) is 0 Å². The second-order valence-electron chi connectivity index (χ2n) is 2.42. The van der Waals surface area contributed by atoms with Gasteiger partial charge in [-0.05, 0) is 28.1 Å². The van der Waals surface area contributed by atoms with Crippen LogP contribution in [-0.2, 0) is 4.79 Å². The van der Waals surface area contributed by atoms with E-state index in [4.69, 9.17) is 0 Å². The van der Waals surface area contributed by atoms with Crippen LogP contribution in [0.1, 0.15) is 12.0 Å². The van der Waals surface area contributed by atoms with Gasteiger partial charge in [-0.2, -0.15) is 0 Å². The molecular weight excluding hydrogens is 254 g/mol. The molecule has 72 valence electrons. The van der Waals surface area contributed by atoms with Gasteiger partial charge in [-0.3, -0.25) is 0 Å². The summed E-state index contributed by atoms with van der Waals surface area (Å²) in [6, 6.07) is 1.98. The molecule has 0 saturated carbocycles. The van der Waals surface area contributed by atoms with Crippen LogP contribution in [0.15, 0.2) is 16.6 Å². The van der Waals surface area contributed by atoms with E-state index in [1.54, 1.807) is 0 Å². The first-order valence-corrected chi connectivity index (χ1v) is 4.51. The van der Waals surface area contributed by atoms with Gasteiger partial charge in [0.15, 0.2) is 0 Å². The number of rotatable bonds is 1. The number of halogens is 3. The fourth-order valence-electron chi connectivity index (χ4n) is 0.806. The van der Waals surface area contributed by atoms with Crippen LogP contribution in [0.25, 0.3) is 0 Å².